The summed E-state index contributed by atoms with van der Waals surface area (Å²) in [6.45, 7) is -0.113. The molecule has 0 unspecified atom stereocenters. The van der Waals surface area contributed by atoms with Gasteiger partial charge >= 0.3 is 0 Å². The van der Waals surface area contributed by atoms with Gasteiger partial charge < -0.3 is 5.11 Å². The van der Waals surface area contributed by atoms with E-state index in [1.54, 1.807) is 6.07 Å². The van der Waals surface area contributed by atoms with E-state index in [2.05, 4.69) is 5.32 Å². The minimum atomic E-state index is -0.536. The first-order valence-corrected chi connectivity index (χ1v) is 4.73. The topological polar surface area (TPSA) is 56.0 Å². The van der Waals surface area contributed by atoms with Crippen LogP contribution in [-0.2, 0) is 0 Å². The summed E-state index contributed by atoms with van der Waals surface area (Å²) in [4.78, 5) is 0. The number of aliphatic hydroxyl groups excluding tert-OH is 1. The molecular formula is C10H10ClFN2O. The second-order valence-corrected chi connectivity index (χ2v) is 3.35. The van der Waals surface area contributed by atoms with Gasteiger partial charge in [-0.2, -0.15) is 5.26 Å². The minimum absolute atomic E-state index is 0.0377. The van der Waals surface area contributed by atoms with Crippen LogP contribution in [0.5, 0.6) is 0 Å². The summed E-state index contributed by atoms with van der Waals surface area (Å²) in [7, 11) is 0. The van der Waals surface area contributed by atoms with E-state index >= 15 is 0 Å². The van der Waals surface area contributed by atoms with Crippen LogP contribution >= 0.6 is 11.6 Å². The normalized spacial score (nSPS) is 12.1. The number of nitrogens with zero attached hydrogens (tertiary/aromatic N) is 1. The van der Waals surface area contributed by atoms with E-state index in [4.69, 9.17) is 22.0 Å². The smallest absolute Gasteiger partial charge is 0.142 e. The number of hydrogen-bond acceptors (Lipinski definition) is 3. The first kappa shape index (κ1) is 11.9. The van der Waals surface area contributed by atoms with Crippen LogP contribution < -0.4 is 5.32 Å². The standard InChI is InChI=1S/C10H10ClFN2O/c11-8-2-1-7(5-9(8)12)10(6-15)14-4-3-13/h1-2,5,10,14-15H,4,6H2/t10-/m0/s1. The molecule has 0 aliphatic heterocycles. The van der Waals surface area contributed by atoms with E-state index in [0.29, 0.717) is 5.56 Å². The van der Waals surface area contributed by atoms with Gasteiger partial charge in [0.2, 0.25) is 0 Å². The van der Waals surface area contributed by atoms with E-state index in [-0.39, 0.29) is 18.2 Å². The lowest BCUT2D eigenvalue weighted by molar-refractivity contribution is 0.248. The van der Waals surface area contributed by atoms with Gasteiger partial charge in [-0.25, -0.2) is 4.39 Å². The molecule has 0 fully saturated rings. The van der Waals surface area contributed by atoms with Crippen LogP contribution in [0, 0.1) is 17.1 Å². The third-order valence-corrected chi connectivity index (χ3v) is 2.26. The first-order valence-electron chi connectivity index (χ1n) is 4.35. The predicted molar refractivity (Wildman–Crippen MR) is 54.9 cm³/mol. The van der Waals surface area contributed by atoms with Gasteiger partial charge in [0.05, 0.1) is 30.3 Å². The molecule has 0 aliphatic rings. The third kappa shape index (κ3) is 3.17. The van der Waals surface area contributed by atoms with Gasteiger partial charge in [0, 0.05) is 0 Å². The Morgan fingerprint density at radius 3 is 2.87 bits per heavy atom. The Kier molecular flexibility index (Phi) is 4.50. The van der Waals surface area contributed by atoms with Crippen molar-refractivity contribution in [2.75, 3.05) is 13.2 Å². The van der Waals surface area contributed by atoms with Crippen molar-refractivity contribution in [1.82, 2.24) is 5.32 Å². The van der Waals surface area contributed by atoms with E-state index in [1.165, 1.54) is 12.1 Å². The van der Waals surface area contributed by atoms with Crippen LogP contribution in [0.15, 0.2) is 18.2 Å². The molecule has 0 aromatic heterocycles. The van der Waals surface area contributed by atoms with Crippen molar-refractivity contribution in [1.29, 1.82) is 5.26 Å². The highest BCUT2D eigenvalue weighted by molar-refractivity contribution is 6.30. The van der Waals surface area contributed by atoms with Gasteiger partial charge in [-0.3, -0.25) is 5.32 Å². The number of nitriles is 1. The van der Waals surface area contributed by atoms with Gasteiger partial charge in [0.1, 0.15) is 5.82 Å². The fourth-order valence-corrected chi connectivity index (χ4v) is 1.30. The average Bonchev–Trinajstić information content (AvgIpc) is 2.24. The molecule has 0 spiro atoms. The number of hydrogen-bond donors (Lipinski definition) is 2. The molecule has 1 rings (SSSR count). The molecule has 0 bridgehead atoms. The highest BCUT2D eigenvalue weighted by atomic mass is 35.5. The Bertz CT molecular complexity index is 378. The SMILES string of the molecule is N#CCN[C@@H](CO)c1ccc(Cl)c(F)c1. The molecule has 80 valence electrons. The van der Waals surface area contributed by atoms with Crippen LogP contribution in [0.4, 0.5) is 4.39 Å². The second kappa shape index (κ2) is 5.66. The maximum absolute atomic E-state index is 13.1. The summed E-state index contributed by atoms with van der Waals surface area (Å²) in [6, 6.07) is 5.71. The fourth-order valence-electron chi connectivity index (χ4n) is 1.19. The Morgan fingerprint density at radius 2 is 2.33 bits per heavy atom. The van der Waals surface area contributed by atoms with Gasteiger partial charge in [-0.1, -0.05) is 17.7 Å². The summed E-state index contributed by atoms with van der Waals surface area (Å²) < 4.78 is 13.1. The van der Waals surface area contributed by atoms with Crippen LogP contribution in [0.3, 0.4) is 0 Å². The van der Waals surface area contributed by atoms with E-state index in [0.717, 1.165) is 0 Å². The molecule has 0 amide bonds. The van der Waals surface area contributed by atoms with Gasteiger partial charge in [-0.15, -0.1) is 0 Å². The molecule has 2 N–H and O–H groups in total. The van der Waals surface area contributed by atoms with Crippen molar-refractivity contribution < 1.29 is 9.50 Å². The molecule has 3 nitrogen and oxygen atoms in total. The molecule has 5 heteroatoms. The average molecular weight is 229 g/mol. The molecule has 0 saturated heterocycles. The molecule has 0 radical (unpaired) electrons. The Balaban J connectivity index is 2.83. The van der Waals surface area contributed by atoms with Crippen LogP contribution in [0.2, 0.25) is 5.02 Å². The molecule has 0 saturated carbocycles. The van der Waals surface area contributed by atoms with Crippen molar-refractivity contribution in [2.24, 2.45) is 0 Å². The Labute approximate surface area is 92.1 Å². The molecule has 1 aromatic rings. The van der Waals surface area contributed by atoms with E-state index in [1.807, 2.05) is 6.07 Å². The van der Waals surface area contributed by atoms with Crippen LogP contribution in [0.1, 0.15) is 11.6 Å². The molecule has 15 heavy (non-hydrogen) atoms. The van der Waals surface area contributed by atoms with E-state index < -0.39 is 11.9 Å². The third-order valence-electron chi connectivity index (χ3n) is 1.96. The number of halogens is 2. The monoisotopic (exact) mass is 228 g/mol. The summed E-state index contributed by atoms with van der Waals surface area (Å²) in [5.74, 6) is -0.536. The van der Waals surface area contributed by atoms with Crippen molar-refractivity contribution in [3.8, 4) is 6.07 Å². The lowest BCUT2D eigenvalue weighted by atomic mass is 10.1. The number of nitrogens with one attached hydrogen (secondary N) is 1. The van der Waals surface area contributed by atoms with Crippen molar-refractivity contribution >= 4 is 11.6 Å². The lowest BCUT2D eigenvalue weighted by Crippen LogP contribution is -2.24. The van der Waals surface area contributed by atoms with Gasteiger partial charge in [-0.05, 0) is 17.7 Å². The van der Waals surface area contributed by atoms with Crippen molar-refractivity contribution in [3.63, 3.8) is 0 Å². The summed E-state index contributed by atoms with van der Waals surface area (Å²) in [5, 5.41) is 20.2. The zero-order chi connectivity index (χ0) is 11.3. The fraction of sp³-hybridized carbons (Fsp3) is 0.300. The zero-order valence-electron chi connectivity index (χ0n) is 7.87. The van der Waals surface area contributed by atoms with Crippen molar-refractivity contribution in [2.45, 2.75) is 6.04 Å². The number of benzene rings is 1. The van der Waals surface area contributed by atoms with E-state index in [9.17, 15) is 4.39 Å². The molecular weight excluding hydrogens is 219 g/mol. The highest BCUT2D eigenvalue weighted by Gasteiger charge is 2.11. The summed E-state index contributed by atoms with van der Waals surface area (Å²) >= 11 is 5.52. The summed E-state index contributed by atoms with van der Waals surface area (Å²) in [5.41, 5.74) is 0.564. The minimum Gasteiger partial charge on any atom is -0.394 e. The maximum Gasteiger partial charge on any atom is 0.142 e. The number of rotatable bonds is 4. The second-order valence-electron chi connectivity index (χ2n) is 2.95. The Morgan fingerprint density at radius 1 is 1.60 bits per heavy atom. The van der Waals surface area contributed by atoms with Crippen LogP contribution in [0.25, 0.3) is 0 Å². The van der Waals surface area contributed by atoms with Gasteiger partial charge in [0.15, 0.2) is 0 Å². The van der Waals surface area contributed by atoms with Crippen molar-refractivity contribution in [3.05, 3.63) is 34.6 Å². The summed E-state index contributed by atoms with van der Waals surface area (Å²) in [6.07, 6.45) is 0. The predicted octanol–water partition coefficient (Wildman–Crippen LogP) is 1.63. The quantitative estimate of drug-likeness (QED) is 0.770. The maximum atomic E-state index is 13.1. The lowest BCUT2D eigenvalue weighted by Gasteiger charge is -2.14. The first-order chi connectivity index (χ1) is 7.19. The molecule has 1 atom stereocenters. The largest absolute Gasteiger partial charge is 0.394 e. The highest BCUT2D eigenvalue weighted by Crippen LogP contribution is 2.19. The zero-order valence-corrected chi connectivity index (χ0v) is 8.63. The molecule has 1 aromatic carbocycles. The van der Waals surface area contributed by atoms with Crippen LogP contribution in [-0.4, -0.2) is 18.3 Å². The molecule has 0 heterocycles. The Hall–Kier alpha value is -1.15. The molecule has 0 aliphatic carbocycles. The number of aliphatic hydroxyl groups is 1. The van der Waals surface area contributed by atoms with Gasteiger partial charge in [0.25, 0.3) is 0 Å².